The highest BCUT2D eigenvalue weighted by Crippen LogP contribution is 2.50. The number of rotatable bonds is 6. The van der Waals surface area contributed by atoms with Gasteiger partial charge in [0.25, 0.3) is 0 Å². The van der Waals surface area contributed by atoms with E-state index in [9.17, 15) is 14.4 Å². The Balaban J connectivity index is 1.63. The second-order valence-electron chi connectivity index (χ2n) is 9.05. The van der Waals surface area contributed by atoms with Crippen molar-refractivity contribution >= 4 is 29.4 Å². The quantitative estimate of drug-likeness (QED) is 0.420. The lowest BCUT2D eigenvalue weighted by molar-refractivity contribution is -0.154. The predicted octanol–water partition coefficient (Wildman–Crippen LogP) is 3.94. The van der Waals surface area contributed by atoms with E-state index in [4.69, 9.17) is 16.3 Å². The largest absolute Gasteiger partial charge is 0.468 e. The van der Waals surface area contributed by atoms with Crippen LogP contribution in [0.25, 0.3) is 0 Å². The van der Waals surface area contributed by atoms with Crippen molar-refractivity contribution in [3.8, 4) is 0 Å². The fourth-order valence-electron chi connectivity index (χ4n) is 5.49. The van der Waals surface area contributed by atoms with Gasteiger partial charge in [0, 0.05) is 17.5 Å². The maximum atomic E-state index is 13.9. The van der Waals surface area contributed by atoms with Crippen LogP contribution >= 0.6 is 11.6 Å². The number of carbonyl (C=O) groups excluding carboxylic acids is 3. The zero-order valence-corrected chi connectivity index (χ0v) is 19.9. The lowest BCUT2D eigenvalue weighted by atomic mass is 9.76. The summed E-state index contributed by atoms with van der Waals surface area (Å²) in [6.45, 7) is 0.149. The van der Waals surface area contributed by atoms with Crippen molar-refractivity contribution in [1.29, 1.82) is 0 Å². The summed E-state index contributed by atoms with van der Waals surface area (Å²) in [7, 11) is 1.31. The Morgan fingerprint density at radius 3 is 2.23 bits per heavy atom. The Kier molecular flexibility index (Phi) is 6.17. The van der Waals surface area contributed by atoms with Gasteiger partial charge >= 0.3 is 5.97 Å². The molecule has 2 fully saturated rings. The van der Waals surface area contributed by atoms with E-state index in [0.717, 1.165) is 16.7 Å². The molecule has 35 heavy (non-hydrogen) atoms. The molecule has 0 unspecified atom stereocenters. The number of benzene rings is 3. The fourth-order valence-corrected chi connectivity index (χ4v) is 5.69. The van der Waals surface area contributed by atoms with Crippen molar-refractivity contribution in [2.45, 2.75) is 24.5 Å². The summed E-state index contributed by atoms with van der Waals surface area (Å²) in [4.78, 5) is 42.4. The lowest BCUT2D eigenvalue weighted by Gasteiger charge is -2.32. The molecule has 4 atom stereocenters. The minimum Gasteiger partial charge on any atom is -0.468 e. The van der Waals surface area contributed by atoms with Crippen molar-refractivity contribution in [3.05, 3.63) is 107 Å². The zero-order chi connectivity index (χ0) is 24.6. The Labute approximate surface area is 208 Å². The third-order valence-corrected chi connectivity index (χ3v) is 7.25. The van der Waals surface area contributed by atoms with Crippen LogP contribution < -0.4 is 5.32 Å². The van der Waals surface area contributed by atoms with E-state index < -0.39 is 29.4 Å². The number of nitrogens with one attached hydrogen (secondary N) is 1. The van der Waals surface area contributed by atoms with E-state index in [-0.39, 0.29) is 24.8 Å². The molecule has 0 aromatic heterocycles. The standard InChI is InChI=1S/C28H25ClN2O4/c1-35-27(34)28(16-18-9-4-2-5-10-18)23-22(24(30-28)20-13-8-14-21(29)15-20)25(32)31(26(23)33)17-19-11-6-3-7-12-19/h2-15,22-24,30H,16-17H2,1H3/t22-,23-,24-,28+/m0/s1. The second kappa shape index (κ2) is 9.29. The summed E-state index contributed by atoms with van der Waals surface area (Å²) in [6, 6.07) is 25.4. The molecule has 3 aromatic carbocycles. The summed E-state index contributed by atoms with van der Waals surface area (Å²) in [5.41, 5.74) is 1.03. The van der Waals surface area contributed by atoms with E-state index in [1.54, 1.807) is 18.2 Å². The summed E-state index contributed by atoms with van der Waals surface area (Å²) in [5, 5.41) is 3.90. The SMILES string of the molecule is COC(=O)[C@]1(Cc2ccccc2)N[C@@H](c2cccc(Cl)c2)[C@H]2C(=O)N(Cc3ccccc3)C(=O)[C@H]21. The molecule has 3 aromatic rings. The smallest absolute Gasteiger partial charge is 0.327 e. The first-order valence-corrected chi connectivity index (χ1v) is 11.9. The molecule has 2 amide bonds. The first-order chi connectivity index (χ1) is 16.9. The molecule has 2 aliphatic rings. The van der Waals surface area contributed by atoms with Crippen LogP contribution in [0.15, 0.2) is 84.9 Å². The predicted molar refractivity (Wildman–Crippen MR) is 131 cm³/mol. The van der Waals surface area contributed by atoms with Gasteiger partial charge in [0.1, 0.15) is 5.54 Å². The van der Waals surface area contributed by atoms with E-state index in [2.05, 4.69) is 5.32 Å². The van der Waals surface area contributed by atoms with Crippen molar-refractivity contribution in [2.24, 2.45) is 11.8 Å². The van der Waals surface area contributed by atoms with Gasteiger partial charge < -0.3 is 4.74 Å². The first-order valence-electron chi connectivity index (χ1n) is 11.5. The zero-order valence-electron chi connectivity index (χ0n) is 19.2. The Morgan fingerprint density at radius 1 is 0.943 bits per heavy atom. The topological polar surface area (TPSA) is 75.7 Å². The molecule has 6 nitrogen and oxygen atoms in total. The maximum absolute atomic E-state index is 13.9. The van der Waals surface area contributed by atoms with Crippen LogP contribution in [-0.4, -0.2) is 35.3 Å². The van der Waals surface area contributed by atoms with E-state index in [1.807, 2.05) is 66.7 Å². The molecule has 178 valence electrons. The van der Waals surface area contributed by atoms with Crippen LogP contribution in [-0.2, 0) is 32.1 Å². The number of halogens is 1. The number of hydrogen-bond donors (Lipinski definition) is 1. The van der Waals surface area contributed by atoms with Crippen LogP contribution in [0.1, 0.15) is 22.7 Å². The van der Waals surface area contributed by atoms with Gasteiger partial charge in [-0.1, -0.05) is 84.4 Å². The Hall–Kier alpha value is -3.48. The molecule has 7 heteroatoms. The molecule has 2 heterocycles. The number of nitrogens with zero attached hydrogens (tertiary/aromatic N) is 1. The van der Waals surface area contributed by atoms with Crippen LogP contribution in [0, 0.1) is 11.8 Å². The van der Waals surface area contributed by atoms with Crippen LogP contribution in [0.2, 0.25) is 5.02 Å². The molecule has 5 rings (SSSR count). The molecular formula is C28H25ClN2O4. The summed E-state index contributed by atoms with van der Waals surface area (Å²) >= 11 is 6.28. The summed E-state index contributed by atoms with van der Waals surface area (Å²) in [6.07, 6.45) is 0.205. The van der Waals surface area contributed by atoms with Gasteiger partial charge in [-0.3, -0.25) is 24.6 Å². The number of amides is 2. The normalized spacial score (nSPS) is 25.5. The van der Waals surface area contributed by atoms with Gasteiger partial charge in [-0.25, -0.2) is 0 Å². The number of likely N-dealkylation sites (tertiary alicyclic amines) is 1. The van der Waals surface area contributed by atoms with Crippen LogP contribution in [0.3, 0.4) is 0 Å². The summed E-state index contributed by atoms with van der Waals surface area (Å²) in [5.74, 6) is -2.94. The molecule has 0 spiro atoms. The number of fused-ring (bicyclic) bond motifs is 1. The van der Waals surface area contributed by atoms with E-state index >= 15 is 0 Å². The third kappa shape index (κ3) is 4.03. The molecular weight excluding hydrogens is 464 g/mol. The maximum Gasteiger partial charge on any atom is 0.327 e. The number of carbonyl (C=O) groups is 3. The fraction of sp³-hybridized carbons (Fsp3) is 0.250. The number of esters is 1. The molecule has 0 aliphatic carbocycles. The van der Waals surface area contributed by atoms with Crippen molar-refractivity contribution in [1.82, 2.24) is 10.2 Å². The molecule has 0 saturated carbocycles. The van der Waals surface area contributed by atoms with Crippen molar-refractivity contribution in [3.63, 3.8) is 0 Å². The van der Waals surface area contributed by atoms with E-state index in [0.29, 0.717) is 5.02 Å². The first kappa shape index (κ1) is 23.3. The van der Waals surface area contributed by atoms with Gasteiger partial charge in [0.05, 0.1) is 25.5 Å². The number of ether oxygens (including phenoxy) is 1. The van der Waals surface area contributed by atoms with Crippen molar-refractivity contribution < 1.29 is 19.1 Å². The van der Waals surface area contributed by atoms with Crippen LogP contribution in [0.4, 0.5) is 0 Å². The monoisotopic (exact) mass is 488 g/mol. The second-order valence-corrected chi connectivity index (χ2v) is 9.49. The summed E-state index contributed by atoms with van der Waals surface area (Å²) < 4.78 is 5.25. The van der Waals surface area contributed by atoms with Crippen molar-refractivity contribution in [2.75, 3.05) is 7.11 Å². The molecule has 0 radical (unpaired) electrons. The van der Waals surface area contributed by atoms with Gasteiger partial charge in [0.2, 0.25) is 11.8 Å². The lowest BCUT2D eigenvalue weighted by Crippen LogP contribution is -2.57. The Bertz CT molecular complexity index is 1270. The third-order valence-electron chi connectivity index (χ3n) is 7.01. The molecule has 2 saturated heterocycles. The highest BCUT2D eigenvalue weighted by Gasteiger charge is 2.68. The van der Waals surface area contributed by atoms with Gasteiger partial charge in [-0.15, -0.1) is 0 Å². The number of methoxy groups -OCH3 is 1. The van der Waals surface area contributed by atoms with E-state index in [1.165, 1.54) is 12.0 Å². The minimum atomic E-state index is -1.41. The minimum absolute atomic E-state index is 0.149. The highest BCUT2D eigenvalue weighted by molar-refractivity contribution is 6.30. The highest BCUT2D eigenvalue weighted by atomic mass is 35.5. The molecule has 0 bridgehead atoms. The number of imide groups is 1. The van der Waals surface area contributed by atoms with Gasteiger partial charge in [-0.05, 0) is 28.8 Å². The van der Waals surface area contributed by atoms with Crippen LogP contribution in [0.5, 0.6) is 0 Å². The average Bonchev–Trinajstić information content (AvgIpc) is 3.34. The number of hydrogen-bond acceptors (Lipinski definition) is 5. The van der Waals surface area contributed by atoms with Gasteiger partial charge in [-0.2, -0.15) is 0 Å². The molecule has 1 N–H and O–H groups in total. The Morgan fingerprint density at radius 2 is 1.60 bits per heavy atom. The average molecular weight is 489 g/mol. The molecule has 2 aliphatic heterocycles. The van der Waals surface area contributed by atoms with Gasteiger partial charge in [0.15, 0.2) is 0 Å².